The fourth-order valence-corrected chi connectivity index (χ4v) is 3.64. The van der Waals surface area contributed by atoms with Crippen LogP contribution in [0, 0.1) is 0 Å². The van der Waals surface area contributed by atoms with Gasteiger partial charge in [-0.2, -0.15) is 4.31 Å². The van der Waals surface area contributed by atoms with Crippen LogP contribution in [-0.4, -0.2) is 41.8 Å². The van der Waals surface area contributed by atoms with Gasteiger partial charge < -0.3 is 10.7 Å². The van der Waals surface area contributed by atoms with E-state index in [0.29, 0.717) is 13.1 Å². The number of nitrogens with two attached hydrogens (primary N) is 1. The molecule has 1 aliphatic rings. The van der Waals surface area contributed by atoms with Gasteiger partial charge in [-0.05, 0) is 12.8 Å². The molecule has 2 rings (SSSR count). The third kappa shape index (κ3) is 2.79. The molecule has 0 saturated carbocycles. The average Bonchev–Trinajstić information content (AvgIpc) is 2.83. The Morgan fingerprint density at radius 3 is 2.88 bits per heavy atom. The highest BCUT2D eigenvalue weighted by Crippen LogP contribution is 2.23. The van der Waals surface area contributed by atoms with Crippen molar-refractivity contribution in [3.63, 3.8) is 0 Å². The van der Waals surface area contributed by atoms with Crippen molar-refractivity contribution in [2.75, 3.05) is 13.1 Å². The molecule has 1 unspecified atom stereocenters. The molecule has 17 heavy (non-hydrogen) atoms. The summed E-state index contributed by atoms with van der Waals surface area (Å²) in [7, 11) is -3.44. The van der Waals surface area contributed by atoms with Gasteiger partial charge in [0, 0.05) is 19.1 Å². The van der Waals surface area contributed by atoms with Gasteiger partial charge >= 0.3 is 0 Å². The molecule has 6 nitrogen and oxygen atoms in total. The number of hydrogen-bond acceptors (Lipinski definition) is 4. The van der Waals surface area contributed by atoms with Gasteiger partial charge in [0.1, 0.15) is 0 Å². The molecule has 1 aromatic heterocycles. The first-order valence-corrected chi connectivity index (χ1v) is 6.80. The monoisotopic (exact) mass is 280 g/mol. The summed E-state index contributed by atoms with van der Waals surface area (Å²) in [6.45, 7) is 0.913. The molecule has 98 valence electrons. The number of nitrogens with one attached hydrogen (secondary N) is 1. The molecule has 3 N–H and O–H groups in total. The Balaban J connectivity index is 0.00000144. The van der Waals surface area contributed by atoms with Gasteiger partial charge in [-0.3, -0.25) is 0 Å². The number of sulfonamides is 1. The van der Waals surface area contributed by atoms with Gasteiger partial charge in [0.25, 0.3) is 10.0 Å². The normalized spacial score (nSPS) is 22.1. The van der Waals surface area contributed by atoms with Crippen LogP contribution in [0.5, 0.6) is 0 Å². The molecule has 1 aliphatic heterocycles. The summed E-state index contributed by atoms with van der Waals surface area (Å²) >= 11 is 0. The second kappa shape index (κ2) is 5.81. The van der Waals surface area contributed by atoms with Crippen LogP contribution in [0.1, 0.15) is 19.3 Å². The minimum Gasteiger partial charge on any atom is -0.335 e. The van der Waals surface area contributed by atoms with E-state index in [9.17, 15) is 8.42 Å². The van der Waals surface area contributed by atoms with Crippen LogP contribution < -0.4 is 5.73 Å². The summed E-state index contributed by atoms with van der Waals surface area (Å²) in [6.07, 6.45) is 5.47. The Bertz CT molecular complexity index is 434. The maximum atomic E-state index is 12.2. The molecule has 2 heterocycles. The van der Waals surface area contributed by atoms with Crippen LogP contribution in [0.2, 0.25) is 0 Å². The minimum atomic E-state index is -3.44. The predicted octanol–water partition coefficient (Wildman–Crippen LogP) is 0.333. The first-order chi connectivity index (χ1) is 7.66. The highest BCUT2D eigenvalue weighted by molar-refractivity contribution is 7.89. The average molecular weight is 281 g/mol. The van der Waals surface area contributed by atoms with Gasteiger partial charge in [-0.15, -0.1) is 12.4 Å². The van der Waals surface area contributed by atoms with Crippen molar-refractivity contribution in [1.82, 2.24) is 14.3 Å². The number of piperidine rings is 1. The summed E-state index contributed by atoms with van der Waals surface area (Å²) in [4.78, 5) is 6.38. The second-order valence-corrected chi connectivity index (χ2v) is 5.78. The summed E-state index contributed by atoms with van der Waals surface area (Å²) in [6, 6.07) is -0.0814. The lowest BCUT2D eigenvalue weighted by atomic mass is 10.1. The first kappa shape index (κ1) is 14.4. The maximum Gasteiger partial charge on any atom is 0.260 e. The molecule has 0 amide bonds. The zero-order valence-electron chi connectivity index (χ0n) is 9.37. The van der Waals surface area contributed by atoms with E-state index in [1.807, 2.05) is 0 Å². The fourth-order valence-electron chi connectivity index (χ4n) is 2.04. The molecule has 1 saturated heterocycles. The molecule has 8 heteroatoms. The summed E-state index contributed by atoms with van der Waals surface area (Å²) in [5, 5.41) is 0.146. The van der Waals surface area contributed by atoms with E-state index in [1.54, 1.807) is 0 Å². The topological polar surface area (TPSA) is 92.1 Å². The molecule has 1 fully saturated rings. The largest absolute Gasteiger partial charge is 0.335 e. The van der Waals surface area contributed by atoms with E-state index in [0.717, 1.165) is 19.3 Å². The van der Waals surface area contributed by atoms with E-state index < -0.39 is 10.0 Å². The number of hydrogen-bond donors (Lipinski definition) is 2. The van der Waals surface area contributed by atoms with Crippen LogP contribution in [0.3, 0.4) is 0 Å². The molecule has 0 radical (unpaired) electrons. The van der Waals surface area contributed by atoms with Crippen LogP contribution in [-0.2, 0) is 10.0 Å². The molecule has 1 atom stereocenters. The van der Waals surface area contributed by atoms with E-state index in [4.69, 9.17) is 5.73 Å². The number of nitrogens with zero attached hydrogens (tertiary/aromatic N) is 2. The number of aromatic amines is 1. The lowest BCUT2D eigenvalue weighted by Gasteiger charge is -2.33. The highest BCUT2D eigenvalue weighted by Gasteiger charge is 2.33. The summed E-state index contributed by atoms with van der Waals surface area (Å²) < 4.78 is 25.9. The third-order valence-electron chi connectivity index (χ3n) is 2.90. The van der Waals surface area contributed by atoms with E-state index in [-0.39, 0.29) is 23.5 Å². The Labute approximate surface area is 107 Å². The number of imidazole rings is 1. The van der Waals surface area contributed by atoms with Crippen LogP contribution in [0.15, 0.2) is 17.6 Å². The molecule has 0 aliphatic carbocycles. The Morgan fingerprint density at radius 1 is 1.53 bits per heavy atom. The maximum absolute atomic E-state index is 12.2. The van der Waals surface area contributed by atoms with Crippen molar-refractivity contribution in [3.8, 4) is 0 Å². The van der Waals surface area contributed by atoms with Gasteiger partial charge in [0.15, 0.2) is 5.03 Å². The lowest BCUT2D eigenvalue weighted by Crippen LogP contribution is -2.47. The van der Waals surface area contributed by atoms with Crippen molar-refractivity contribution in [2.24, 2.45) is 5.73 Å². The Morgan fingerprint density at radius 2 is 2.29 bits per heavy atom. The van der Waals surface area contributed by atoms with Gasteiger partial charge in [-0.25, -0.2) is 13.4 Å². The van der Waals surface area contributed by atoms with Crippen LogP contribution in [0.25, 0.3) is 0 Å². The van der Waals surface area contributed by atoms with Crippen molar-refractivity contribution < 1.29 is 8.42 Å². The fraction of sp³-hybridized carbons (Fsp3) is 0.667. The standard InChI is InChI=1S/C9H16N4O2S.ClH/c10-5-8-3-1-2-4-13(8)16(14,15)9-6-11-7-12-9;/h6-8H,1-5,10H2,(H,11,12);1H. The van der Waals surface area contributed by atoms with E-state index >= 15 is 0 Å². The van der Waals surface area contributed by atoms with E-state index in [1.165, 1.54) is 16.8 Å². The summed E-state index contributed by atoms with van der Waals surface area (Å²) in [5.74, 6) is 0. The SMILES string of the molecule is Cl.NCC1CCCCN1S(=O)(=O)c1cnc[nH]1. The van der Waals surface area contributed by atoms with Crippen molar-refractivity contribution >= 4 is 22.4 Å². The molecular formula is C9H17ClN4O2S. The first-order valence-electron chi connectivity index (χ1n) is 5.36. The Hall–Kier alpha value is -0.630. The van der Waals surface area contributed by atoms with Crippen molar-refractivity contribution in [2.45, 2.75) is 30.3 Å². The van der Waals surface area contributed by atoms with E-state index in [2.05, 4.69) is 9.97 Å². The Kier molecular flexibility index (Phi) is 4.93. The quantitative estimate of drug-likeness (QED) is 0.835. The second-order valence-electron chi connectivity index (χ2n) is 3.92. The van der Waals surface area contributed by atoms with Crippen molar-refractivity contribution in [3.05, 3.63) is 12.5 Å². The minimum absolute atomic E-state index is 0. The summed E-state index contributed by atoms with van der Waals surface area (Å²) in [5.41, 5.74) is 5.61. The molecule has 0 bridgehead atoms. The molecular weight excluding hydrogens is 264 g/mol. The number of H-pyrrole nitrogens is 1. The predicted molar refractivity (Wildman–Crippen MR) is 66.4 cm³/mol. The number of rotatable bonds is 3. The zero-order valence-corrected chi connectivity index (χ0v) is 11.0. The van der Waals surface area contributed by atoms with Crippen LogP contribution >= 0.6 is 12.4 Å². The van der Waals surface area contributed by atoms with Gasteiger partial charge in [0.2, 0.25) is 0 Å². The smallest absolute Gasteiger partial charge is 0.260 e. The zero-order chi connectivity index (χ0) is 11.6. The number of halogens is 1. The highest BCUT2D eigenvalue weighted by atomic mass is 35.5. The number of aromatic nitrogens is 2. The van der Waals surface area contributed by atoms with Gasteiger partial charge in [0.05, 0.1) is 12.5 Å². The van der Waals surface area contributed by atoms with Crippen LogP contribution in [0.4, 0.5) is 0 Å². The molecule has 1 aromatic rings. The third-order valence-corrected chi connectivity index (χ3v) is 4.78. The molecule has 0 spiro atoms. The molecule has 0 aromatic carbocycles. The van der Waals surface area contributed by atoms with Crippen molar-refractivity contribution in [1.29, 1.82) is 0 Å². The van der Waals surface area contributed by atoms with Gasteiger partial charge in [-0.1, -0.05) is 6.42 Å². The lowest BCUT2D eigenvalue weighted by molar-refractivity contribution is 0.257.